The maximum Gasteiger partial charge on any atom is 0.234 e. The van der Waals surface area contributed by atoms with Crippen LogP contribution >= 0.6 is 0 Å². The molecule has 0 bridgehead atoms. The van der Waals surface area contributed by atoms with E-state index in [-0.39, 0.29) is 0 Å². The van der Waals surface area contributed by atoms with Crippen LogP contribution < -0.4 is 11.5 Å². The van der Waals surface area contributed by atoms with Crippen molar-refractivity contribution < 1.29 is 9.59 Å². The van der Waals surface area contributed by atoms with Gasteiger partial charge in [0.1, 0.15) is 5.92 Å². The number of carbonyl (C=O) groups excluding carboxylic acids is 2. The molecular formula is C18H21N3O2. The molecule has 2 aromatic rings. The fourth-order valence-corrected chi connectivity index (χ4v) is 2.87. The van der Waals surface area contributed by atoms with Gasteiger partial charge in [0.25, 0.3) is 0 Å². The Hall–Kier alpha value is -2.69. The molecule has 0 unspecified atom stereocenters. The maximum atomic E-state index is 11.7. The average molecular weight is 311 g/mol. The summed E-state index contributed by atoms with van der Waals surface area (Å²) >= 11 is 0. The summed E-state index contributed by atoms with van der Waals surface area (Å²) in [6.07, 6.45) is 4.82. The molecule has 0 atom stereocenters. The van der Waals surface area contributed by atoms with Crippen molar-refractivity contribution in [3.8, 4) is 11.1 Å². The Balaban J connectivity index is 2.69. The number of primary amides is 2. The number of nitrogens with two attached hydrogens (primary N) is 2. The van der Waals surface area contributed by atoms with Gasteiger partial charge in [-0.3, -0.25) is 14.6 Å². The first-order chi connectivity index (χ1) is 11.0. The first-order valence-corrected chi connectivity index (χ1v) is 7.64. The minimum absolute atomic E-state index is 0.660. The molecule has 0 aliphatic carbocycles. The molecule has 23 heavy (non-hydrogen) atoms. The summed E-state index contributed by atoms with van der Waals surface area (Å²) in [6, 6.07) is 7.83. The topological polar surface area (TPSA) is 99.1 Å². The molecule has 2 amide bonds. The number of rotatable bonds is 6. The van der Waals surface area contributed by atoms with E-state index in [0.717, 1.165) is 22.3 Å². The molecule has 0 saturated heterocycles. The first-order valence-electron chi connectivity index (χ1n) is 7.64. The summed E-state index contributed by atoms with van der Waals surface area (Å²) in [6.45, 7) is 3.96. The number of pyridine rings is 1. The van der Waals surface area contributed by atoms with E-state index in [0.29, 0.717) is 18.4 Å². The predicted octanol–water partition coefficient (Wildman–Crippen LogP) is 1.93. The Bertz CT molecular complexity index is 687. The maximum absolute atomic E-state index is 11.7. The molecule has 4 N–H and O–H groups in total. The van der Waals surface area contributed by atoms with E-state index in [9.17, 15) is 9.59 Å². The number of aryl methyl sites for hydroxylation is 2. The van der Waals surface area contributed by atoms with Gasteiger partial charge in [0, 0.05) is 12.4 Å². The summed E-state index contributed by atoms with van der Waals surface area (Å²) in [5.74, 6) is -2.51. The van der Waals surface area contributed by atoms with Gasteiger partial charge in [0.15, 0.2) is 0 Å². The van der Waals surface area contributed by atoms with Crippen molar-refractivity contribution in [2.75, 3.05) is 0 Å². The highest BCUT2D eigenvalue weighted by molar-refractivity contribution is 6.05. The molecule has 0 saturated carbocycles. The van der Waals surface area contributed by atoms with E-state index < -0.39 is 17.7 Å². The van der Waals surface area contributed by atoms with Crippen LogP contribution in [0.15, 0.2) is 36.7 Å². The van der Waals surface area contributed by atoms with E-state index in [2.05, 4.69) is 4.98 Å². The highest BCUT2D eigenvalue weighted by Gasteiger charge is 2.28. The smallest absolute Gasteiger partial charge is 0.234 e. The monoisotopic (exact) mass is 311 g/mol. The van der Waals surface area contributed by atoms with Crippen LogP contribution in [0, 0.1) is 0 Å². The lowest BCUT2D eigenvalue weighted by Crippen LogP contribution is -2.34. The average Bonchev–Trinajstić information content (AvgIpc) is 2.55. The second-order valence-corrected chi connectivity index (χ2v) is 5.39. The van der Waals surface area contributed by atoms with Gasteiger partial charge in [0.2, 0.25) is 11.8 Å². The zero-order chi connectivity index (χ0) is 17.0. The number of benzene rings is 1. The van der Waals surface area contributed by atoms with Crippen molar-refractivity contribution in [3.63, 3.8) is 0 Å². The Morgan fingerprint density at radius 3 is 1.83 bits per heavy atom. The standard InChI is InChI=1S/C18H21N3O2/c1-3-11-9-14(13-5-7-21-8-6-13)10-12(4-2)15(11)16(17(19)22)18(20)23/h5-10,16H,3-4H2,1-2H3,(H2,19,22)(H2,20,23). The molecule has 5 heteroatoms. The van der Waals surface area contributed by atoms with Gasteiger partial charge < -0.3 is 11.5 Å². The molecule has 2 rings (SSSR count). The molecule has 5 nitrogen and oxygen atoms in total. The second kappa shape index (κ2) is 7.05. The number of aromatic nitrogens is 1. The number of hydrogen-bond donors (Lipinski definition) is 2. The Morgan fingerprint density at radius 1 is 0.957 bits per heavy atom. The fourth-order valence-electron chi connectivity index (χ4n) is 2.87. The molecule has 1 aromatic heterocycles. The van der Waals surface area contributed by atoms with Crippen molar-refractivity contribution >= 4 is 11.8 Å². The summed E-state index contributed by atoms with van der Waals surface area (Å²) in [5.41, 5.74) is 15.4. The summed E-state index contributed by atoms with van der Waals surface area (Å²) in [4.78, 5) is 27.5. The second-order valence-electron chi connectivity index (χ2n) is 5.39. The lowest BCUT2D eigenvalue weighted by Gasteiger charge is -2.20. The van der Waals surface area contributed by atoms with E-state index in [1.165, 1.54) is 0 Å². The zero-order valence-corrected chi connectivity index (χ0v) is 13.4. The minimum atomic E-state index is -1.09. The Labute approximate surface area is 135 Å². The molecule has 1 aromatic carbocycles. The van der Waals surface area contributed by atoms with Crippen molar-refractivity contribution in [2.24, 2.45) is 11.5 Å². The van der Waals surface area contributed by atoms with E-state index in [4.69, 9.17) is 11.5 Å². The number of nitrogens with zero attached hydrogens (tertiary/aromatic N) is 1. The van der Waals surface area contributed by atoms with Gasteiger partial charge in [-0.05, 0) is 52.8 Å². The number of hydrogen-bond acceptors (Lipinski definition) is 3. The van der Waals surface area contributed by atoms with Crippen molar-refractivity contribution in [1.82, 2.24) is 4.98 Å². The van der Waals surface area contributed by atoms with E-state index in [1.54, 1.807) is 12.4 Å². The fraction of sp³-hybridized carbons (Fsp3) is 0.278. The molecule has 0 aliphatic heterocycles. The van der Waals surface area contributed by atoms with Crippen molar-refractivity contribution in [2.45, 2.75) is 32.6 Å². The van der Waals surface area contributed by atoms with Crippen molar-refractivity contribution in [1.29, 1.82) is 0 Å². The van der Waals surface area contributed by atoms with Gasteiger partial charge in [-0.15, -0.1) is 0 Å². The van der Waals surface area contributed by atoms with Gasteiger partial charge in [0.05, 0.1) is 0 Å². The molecule has 0 fully saturated rings. The lowest BCUT2D eigenvalue weighted by atomic mass is 9.84. The number of amides is 2. The van der Waals surface area contributed by atoms with Crippen LogP contribution in [-0.4, -0.2) is 16.8 Å². The largest absolute Gasteiger partial charge is 0.369 e. The van der Waals surface area contributed by atoms with Crippen LogP contribution in [0.1, 0.15) is 36.5 Å². The quantitative estimate of drug-likeness (QED) is 0.797. The van der Waals surface area contributed by atoms with Crippen LogP contribution in [0.4, 0.5) is 0 Å². The predicted molar refractivity (Wildman–Crippen MR) is 89.6 cm³/mol. The van der Waals surface area contributed by atoms with E-state index in [1.807, 2.05) is 38.1 Å². The third kappa shape index (κ3) is 3.39. The minimum Gasteiger partial charge on any atom is -0.369 e. The Kier molecular flexibility index (Phi) is 5.11. The number of carbonyl (C=O) groups is 2. The molecule has 120 valence electrons. The summed E-state index contributed by atoms with van der Waals surface area (Å²) < 4.78 is 0. The van der Waals surface area contributed by atoms with Gasteiger partial charge in [-0.1, -0.05) is 26.0 Å². The molecule has 0 spiro atoms. The molecular weight excluding hydrogens is 290 g/mol. The van der Waals surface area contributed by atoms with Crippen LogP contribution in [0.3, 0.4) is 0 Å². The molecule has 0 radical (unpaired) electrons. The third-order valence-corrected chi connectivity index (χ3v) is 3.98. The normalized spacial score (nSPS) is 10.7. The lowest BCUT2D eigenvalue weighted by molar-refractivity contribution is -0.128. The summed E-state index contributed by atoms with van der Waals surface area (Å²) in [7, 11) is 0. The van der Waals surface area contributed by atoms with Crippen molar-refractivity contribution in [3.05, 3.63) is 53.3 Å². The Morgan fingerprint density at radius 2 is 1.43 bits per heavy atom. The summed E-state index contributed by atoms with van der Waals surface area (Å²) in [5, 5.41) is 0. The molecule has 0 aliphatic rings. The highest BCUT2D eigenvalue weighted by atomic mass is 16.2. The highest BCUT2D eigenvalue weighted by Crippen LogP contribution is 2.31. The SMILES string of the molecule is CCc1cc(-c2ccncc2)cc(CC)c1C(C(N)=O)C(N)=O. The van der Waals surface area contributed by atoms with Gasteiger partial charge in [-0.2, -0.15) is 0 Å². The molecule has 1 heterocycles. The van der Waals surface area contributed by atoms with E-state index >= 15 is 0 Å². The van der Waals surface area contributed by atoms with Crippen LogP contribution in [0.5, 0.6) is 0 Å². The zero-order valence-electron chi connectivity index (χ0n) is 13.4. The third-order valence-electron chi connectivity index (χ3n) is 3.98. The van der Waals surface area contributed by atoms with Crippen LogP contribution in [0.2, 0.25) is 0 Å². The van der Waals surface area contributed by atoms with Gasteiger partial charge >= 0.3 is 0 Å². The first kappa shape index (κ1) is 16.7. The van der Waals surface area contributed by atoms with Gasteiger partial charge in [-0.25, -0.2) is 0 Å². The van der Waals surface area contributed by atoms with Crippen LogP contribution in [0.25, 0.3) is 11.1 Å². The van der Waals surface area contributed by atoms with Crippen LogP contribution in [-0.2, 0) is 22.4 Å².